The normalized spacial score (nSPS) is 15.4. The largest absolute Gasteiger partial charge is 0.416 e. The van der Waals surface area contributed by atoms with Crippen molar-refractivity contribution in [3.63, 3.8) is 0 Å². The molecule has 0 fully saturated rings. The molecule has 2 nitrogen and oxygen atoms in total. The Kier molecular flexibility index (Phi) is 8.73. The van der Waals surface area contributed by atoms with Crippen LogP contribution in [0.2, 0.25) is 0 Å². The van der Waals surface area contributed by atoms with Crippen molar-refractivity contribution in [1.82, 2.24) is 0 Å². The maximum absolute atomic E-state index is 15.2. The van der Waals surface area contributed by atoms with Crippen LogP contribution in [-0.2, 0) is 10.7 Å². The predicted octanol–water partition coefficient (Wildman–Crippen LogP) is 12.3. The van der Waals surface area contributed by atoms with E-state index < -0.39 is 18.9 Å². The summed E-state index contributed by atoms with van der Waals surface area (Å²) in [5, 5.41) is 2.46. The van der Waals surface area contributed by atoms with Crippen LogP contribution in [0.3, 0.4) is 0 Å². The van der Waals surface area contributed by atoms with Gasteiger partial charge in [-0.15, -0.1) is 22.7 Å². The first-order valence-electron chi connectivity index (χ1n) is 16.3. The summed E-state index contributed by atoms with van der Waals surface area (Å²) >= 11 is 3.19. The highest BCUT2D eigenvalue weighted by molar-refractivity contribution is 7.87. The molecule has 0 spiro atoms. The van der Waals surface area contributed by atoms with E-state index in [9.17, 15) is 13.2 Å². The third-order valence-corrected chi connectivity index (χ3v) is 14.5. The standard InChI is InChI=1S/C43H29F3NOPS2/c44-43(45,46)32-22-16-30(17-23-32)20-26-37-28-39-41(50-37)42-40(49(39,48)36-14-8-3-9-15-36)29-38(51-42)27-21-31-18-24-35(25-19-31)47(33-10-4-1-5-11-33)34-12-6-2-7-13-34/h1-29H/b26-20+,27-21+. The molecule has 0 amide bonds. The number of rotatable bonds is 8. The molecule has 51 heavy (non-hydrogen) atoms. The van der Waals surface area contributed by atoms with Crippen molar-refractivity contribution < 1.29 is 17.7 Å². The Labute approximate surface area is 302 Å². The molecule has 0 aliphatic carbocycles. The van der Waals surface area contributed by atoms with Gasteiger partial charge in [0.1, 0.15) is 0 Å². The van der Waals surface area contributed by atoms with E-state index in [1.54, 1.807) is 28.7 Å². The van der Waals surface area contributed by atoms with Gasteiger partial charge >= 0.3 is 6.18 Å². The van der Waals surface area contributed by atoms with E-state index in [0.29, 0.717) is 5.56 Å². The zero-order chi connectivity index (χ0) is 35.0. The van der Waals surface area contributed by atoms with Crippen molar-refractivity contribution in [2.45, 2.75) is 6.18 Å². The lowest BCUT2D eigenvalue weighted by Crippen LogP contribution is -2.19. The highest BCUT2D eigenvalue weighted by Crippen LogP contribution is 2.57. The topological polar surface area (TPSA) is 20.3 Å². The van der Waals surface area contributed by atoms with Crippen LogP contribution in [0.5, 0.6) is 0 Å². The van der Waals surface area contributed by atoms with Gasteiger partial charge in [0, 0.05) is 42.7 Å². The molecule has 3 heterocycles. The van der Waals surface area contributed by atoms with Gasteiger partial charge in [-0.05, 0) is 83.9 Å². The van der Waals surface area contributed by atoms with E-state index in [1.165, 1.54) is 12.1 Å². The summed E-state index contributed by atoms with van der Waals surface area (Å²) in [6.07, 6.45) is 3.47. The lowest BCUT2D eigenvalue weighted by molar-refractivity contribution is -0.137. The summed E-state index contributed by atoms with van der Waals surface area (Å²) in [5.41, 5.74) is 4.24. The Balaban J connectivity index is 1.09. The maximum Gasteiger partial charge on any atom is 0.416 e. The van der Waals surface area contributed by atoms with Gasteiger partial charge in [-0.25, -0.2) is 0 Å². The van der Waals surface area contributed by atoms with Crippen LogP contribution in [0.4, 0.5) is 30.2 Å². The zero-order valence-corrected chi connectivity index (χ0v) is 29.5. The molecular weight excluding hydrogens is 699 g/mol. The van der Waals surface area contributed by atoms with Crippen molar-refractivity contribution in [2.24, 2.45) is 0 Å². The smallest absolute Gasteiger partial charge is 0.311 e. The van der Waals surface area contributed by atoms with E-state index >= 15 is 4.57 Å². The molecule has 5 aromatic carbocycles. The third kappa shape index (κ3) is 6.45. The molecular formula is C43H29F3NOPS2. The molecule has 250 valence electrons. The number of alkyl halides is 3. The second-order valence-corrected chi connectivity index (χ2v) is 16.9. The quantitative estimate of drug-likeness (QED) is 0.145. The third-order valence-electron chi connectivity index (χ3n) is 8.77. The Morgan fingerprint density at radius 3 is 1.37 bits per heavy atom. The minimum absolute atomic E-state index is 0.660. The van der Waals surface area contributed by atoms with E-state index in [0.717, 1.165) is 70.2 Å². The van der Waals surface area contributed by atoms with E-state index in [-0.39, 0.29) is 0 Å². The van der Waals surface area contributed by atoms with E-state index in [2.05, 4.69) is 71.6 Å². The Morgan fingerprint density at radius 1 is 0.510 bits per heavy atom. The molecule has 0 radical (unpaired) electrons. The maximum atomic E-state index is 15.2. The zero-order valence-electron chi connectivity index (χ0n) is 27.0. The average Bonchev–Trinajstić information content (AvgIpc) is 3.84. The molecule has 0 N–H and O–H groups in total. The number of hydrogen-bond donors (Lipinski definition) is 0. The van der Waals surface area contributed by atoms with Gasteiger partial charge in [0.2, 0.25) is 0 Å². The fraction of sp³-hybridized carbons (Fsp3) is 0.0233. The number of para-hydroxylation sites is 2. The Hall–Kier alpha value is -5.20. The molecule has 8 rings (SSSR count). The highest BCUT2D eigenvalue weighted by atomic mass is 32.1. The SMILES string of the molecule is O=P1(c2ccccc2)c2cc(/C=C/c3ccc(N(c4ccccc4)c4ccccc4)cc3)sc2-c2sc(/C=C/c3ccc(C(F)(F)F)cc3)cc21. The van der Waals surface area contributed by atoms with Crippen LogP contribution >= 0.6 is 29.8 Å². The van der Waals surface area contributed by atoms with Crippen molar-refractivity contribution >= 4 is 87.1 Å². The summed E-state index contributed by atoms with van der Waals surface area (Å²) in [5.74, 6) is 0. The fourth-order valence-corrected chi connectivity index (χ4v) is 12.6. The first-order chi connectivity index (χ1) is 24.8. The summed E-state index contributed by atoms with van der Waals surface area (Å²) in [6.45, 7) is 0. The molecule has 1 aliphatic rings. The predicted molar refractivity (Wildman–Crippen MR) is 211 cm³/mol. The van der Waals surface area contributed by atoms with Gasteiger partial charge in [-0.1, -0.05) is 103 Å². The Bertz CT molecular complexity index is 2370. The van der Waals surface area contributed by atoms with Gasteiger partial charge in [-0.3, -0.25) is 0 Å². The van der Waals surface area contributed by atoms with E-state index in [4.69, 9.17) is 0 Å². The number of thiophene rings is 2. The molecule has 0 bridgehead atoms. The number of fused-ring (bicyclic) bond motifs is 3. The molecule has 2 aromatic heterocycles. The molecule has 0 saturated carbocycles. The number of benzene rings is 5. The number of hydrogen-bond acceptors (Lipinski definition) is 4. The minimum Gasteiger partial charge on any atom is -0.311 e. The first kappa shape index (κ1) is 33.0. The van der Waals surface area contributed by atoms with Gasteiger partial charge in [0.15, 0.2) is 7.14 Å². The average molecular weight is 728 g/mol. The summed E-state index contributed by atoms with van der Waals surface area (Å²) in [6, 6.07) is 47.8. The van der Waals surface area contributed by atoms with Crippen molar-refractivity contribution in [1.29, 1.82) is 0 Å². The second kappa shape index (κ2) is 13.5. The first-order valence-corrected chi connectivity index (χ1v) is 19.6. The number of nitrogens with zero attached hydrogens (tertiary/aromatic N) is 1. The summed E-state index contributed by atoms with van der Waals surface area (Å²) in [7, 11) is -3.13. The molecule has 1 atom stereocenters. The molecule has 7 aromatic rings. The lowest BCUT2D eigenvalue weighted by atomic mass is 10.1. The van der Waals surface area contributed by atoms with Crippen LogP contribution < -0.4 is 20.8 Å². The summed E-state index contributed by atoms with van der Waals surface area (Å²) < 4.78 is 54.3. The van der Waals surface area contributed by atoms with Crippen LogP contribution in [0.15, 0.2) is 152 Å². The molecule has 1 aliphatic heterocycles. The number of halogens is 3. The monoisotopic (exact) mass is 727 g/mol. The van der Waals surface area contributed by atoms with Crippen LogP contribution in [0.1, 0.15) is 26.4 Å². The molecule has 0 saturated heterocycles. The highest BCUT2D eigenvalue weighted by Gasteiger charge is 2.43. The van der Waals surface area contributed by atoms with Crippen LogP contribution in [0, 0.1) is 0 Å². The van der Waals surface area contributed by atoms with Crippen molar-refractivity contribution in [3.8, 4) is 9.75 Å². The van der Waals surface area contributed by atoms with Gasteiger partial charge in [-0.2, -0.15) is 13.2 Å². The van der Waals surface area contributed by atoms with E-state index in [1.807, 2.05) is 78.9 Å². The van der Waals surface area contributed by atoms with Crippen molar-refractivity contribution in [3.05, 3.63) is 178 Å². The summed E-state index contributed by atoms with van der Waals surface area (Å²) in [4.78, 5) is 6.13. The van der Waals surface area contributed by atoms with Gasteiger partial charge in [0.25, 0.3) is 0 Å². The lowest BCUT2D eigenvalue weighted by Gasteiger charge is -2.25. The Morgan fingerprint density at radius 2 is 0.922 bits per heavy atom. The minimum atomic E-state index is -4.38. The van der Waals surface area contributed by atoms with Crippen molar-refractivity contribution in [2.75, 3.05) is 4.90 Å². The second-order valence-electron chi connectivity index (χ2n) is 12.1. The molecule has 1 unspecified atom stereocenters. The van der Waals surface area contributed by atoms with Gasteiger partial charge < -0.3 is 9.46 Å². The van der Waals surface area contributed by atoms with Crippen LogP contribution in [-0.4, -0.2) is 0 Å². The van der Waals surface area contributed by atoms with Crippen LogP contribution in [0.25, 0.3) is 34.1 Å². The fourth-order valence-electron chi connectivity index (χ4n) is 6.28. The number of anilines is 3. The van der Waals surface area contributed by atoms with Gasteiger partial charge in [0.05, 0.1) is 15.3 Å². The molecule has 8 heteroatoms.